The number of fused-ring (bicyclic) bond motifs is 1. The fraction of sp³-hybridized carbons (Fsp3) is 0.444. The largest absolute Gasteiger partial charge is 0.299 e. The summed E-state index contributed by atoms with van der Waals surface area (Å²) in [6.07, 6.45) is 6.82. The van der Waals surface area contributed by atoms with Gasteiger partial charge in [-0.25, -0.2) is 0 Å². The van der Waals surface area contributed by atoms with Gasteiger partial charge >= 0.3 is 0 Å². The fourth-order valence-corrected chi connectivity index (χ4v) is 2.23. The van der Waals surface area contributed by atoms with Gasteiger partial charge in [0.2, 0.25) is 0 Å². The fourth-order valence-electron chi connectivity index (χ4n) is 1.74. The first-order valence-electron chi connectivity index (χ1n) is 3.86. The quantitative estimate of drug-likeness (QED) is 0.604. The molecule has 0 saturated heterocycles. The Morgan fingerprint density at radius 3 is 3.09 bits per heavy atom. The van der Waals surface area contributed by atoms with E-state index in [0.29, 0.717) is 5.78 Å². The van der Waals surface area contributed by atoms with Crippen molar-refractivity contribution in [2.75, 3.05) is 0 Å². The minimum Gasteiger partial charge on any atom is -0.299 e. The van der Waals surface area contributed by atoms with Crippen molar-refractivity contribution in [2.45, 2.75) is 19.3 Å². The Morgan fingerprint density at radius 1 is 1.45 bits per heavy atom. The van der Waals surface area contributed by atoms with Crippen LogP contribution >= 0.6 is 15.9 Å². The predicted octanol–water partition coefficient (Wildman–Crippen LogP) is 2.57. The Labute approximate surface area is 74.3 Å². The molecule has 0 spiro atoms. The number of carbonyl (C=O) groups excluding carboxylic acids is 1. The molecule has 2 aliphatic carbocycles. The minimum absolute atomic E-state index is 0.233. The lowest BCUT2D eigenvalue weighted by Crippen LogP contribution is -2.08. The second-order valence-electron chi connectivity index (χ2n) is 3.06. The van der Waals surface area contributed by atoms with E-state index in [2.05, 4.69) is 28.1 Å². The third-order valence-electron chi connectivity index (χ3n) is 2.37. The number of carbonyl (C=O) groups is 1. The summed E-state index contributed by atoms with van der Waals surface area (Å²) in [4.78, 5) is 11.2. The number of Topliss-reactive ketones (excluding diaryl/α,β-unsaturated/α-hetero) is 1. The Morgan fingerprint density at radius 2 is 2.27 bits per heavy atom. The van der Waals surface area contributed by atoms with Crippen molar-refractivity contribution in [1.29, 1.82) is 0 Å². The molecule has 0 aliphatic heterocycles. The van der Waals surface area contributed by atoms with Gasteiger partial charge in [0.15, 0.2) is 0 Å². The highest BCUT2D eigenvalue weighted by molar-refractivity contribution is 9.11. The van der Waals surface area contributed by atoms with Crippen LogP contribution in [0, 0.1) is 5.92 Å². The SMILES string of the molecule is O=C1CCC2=CC(Br)=CCC12. The zero-order chi connectivity index (χ0) is 7.84. The van der Waals surface area contributed by atoms with Crippen LogP contribution in [0.2, 0.25) is 0 Å². The molecule has 2 aliphatic rings. The molecule has 2 rings (SSSR count). The highest BCUT2D eigenvalue weighted by atomic mass is 79.9. The topological polar surface area (TPSA) is 17.1 Å². The molecule has 0 N–H and O–H groups in total. The van der Waals surface area contributed by atoms with Gasteiger partial charge in [0.1, 0.15) is 5.78 Å². The first-order valence-corrected chi connectivity index (χ1v) is 4.65. The molecule has 1 nitrogen and oxygen atoms in total. The van der Waals surface area contributed by atoms with Gasteiger partial charge in [0.25, 0.3) is 0 Å². The van der Waals surface area contributed by atoms with E-state index in [9.17, 15) is 4.79 Å². The van der Waals surface area contributed by atoms with Gasteiger partial charge in [0.05, 0.1) is 0 Å². The first-order chi connectivity index (χ1) is 5.27. The molecule has 11 heavy (non-hydrogen) atoms. The summed E-state index contributed by atoms with van der Waals surface area (Å²) in [5.74, 6) is 0.656. The first kappa shape index (κ1) is 7.29. The number of hydrogen-bond acceptors (Lipinski definition) is 1. The summed E-state index contributed by atoms with van der Waals surface area (Å²) < 4.78 is 1.14. The van der Waals surface area contributed by atoms with Crippen LogP contribution in [0.15, 0.2) is 22.2 Å². The molecule has 0 radical (unpaired) electrons. The van der Waals surface area contributed by atoms with Crippen molar-refractivity contribution in [3.05, 3.63) is 22.2 Å². The molecule has 58 valence electrons. The third kappa shape index (κ3) is 1.20. The lowest BCUT2D eigenvalue weighted by atomic mass is 9.94. The zero-order valence-corrected chi connectivity index (χ0v) is 7.73. The van der Waals surface area contributed by atoms with E-state index in [0.717, 1.165) is 23.7 Å². The number of hydrogen-bond donors (Lipinski definition) is 0. The summed E-state index contributed by atoms with van der Waals surface area (Å²) in [5.41, 5.74) is 1.32. The van der Waals surface area contributed by atoms with Gasteiger partial charge in [-0.3, -0.25) is 4.79 Å². The summed E-state index contributed by atoms with van der Waals surface area (Å²) in [6, 6.07) is 0. The maximum absolute atomic E-state index is 11.2. The molecule has 0 amide bonds. The lowest BCUT2D eigenvalue weighted by Gasteiger charge is -2.12. The number of halogens is 1. The van der Waals surface area contributed by atoms with E-state index in [1.807, 2.05) is 0 Å². The van der Waals surface area contributed by atoms with E-state index in [1.165, 1.54) is 5.57 Å². The average molecular weight is 213 g/mol. The summed E-state index contributed by atoms with van der Waals surface area (Å²) in [5, 5.41) is 0. The van der Waals surface area contributed by atoms with Crippen molar-refractivity contribution in [3.8, 4) is 0 Å². The van der Waals surface area contributed by atoms with Crippen LogP contribution in [-0.4, -0.2) is 5.78 Å². The minimum atomic E-state index is 0.233. The predicted molar refractivity (Wildman–Crippen MR) is 47.4 cm³/mol. The van der Waals surface area contributed by atoms with Crippen LogP contribution in [-0.2, 0) is 4.79 Å². The summed E-state index contributed by atoms with van der Waals surface area (Å²) in [7, 11) is 0. The molecule has 0 bridgehead atoms. The Bertz CT molecular complexity index is 263. The molecule has 1 fully saturated rings. The number of ketones is 1. The normalized spacial score (nSPS) is 29.5. The van der Waals surface area contributed by atoms with Crippen LogP contribution in [0.25, 0.3) is 0 Å². The van der Waals surface area contributed by atoms with E-state index >= 15 is 0 Å². The summed E-state index contributed by atoms with van der Waals surface area (Å²) >= 11 is 3.42. The van der Waals surface area contributed by atoms with Gasteiger partial charge in [-0.2, -0.15) is 0 Å². The molecular formula is C9H9BrO. The monoisotopic (exact) mass is 212 g/mol. The van der Waals surface area contributed by atoms with Crippen LogP contribution in [0.1, 0.15) is 19.3 Å². The van der Waals surface area contributed by atoms with Gasteiger partial charge in [-0.1, -0.05) is 27.6 Å². The second-order valence-corrected chi connectivity index (χ2v) is 3.98. The van der Waals surface area contributed by atoms with E-state index < -0.39 is 0 Å². The standard InChI is InChI=1S/C9H9BrO/c10-7-2-3-8-6(5-7)1-4-9(8)11/h2,5,8H,1,3-4H2. The van der Waals surface area contributed by atoms with Crippen LogP contribution < -0.4 is 0 Å². The van der Waals surface area contributed by atoms with Gasteiger partial charge < -0.3 is 0 Å². The highest BCUT2D eigenvalue weighted by Gasteiger charge is 2.29. The maximum atomic E-state index is 11.2. The van der Waals surface area contributed by atoms with E-state index in [-0.39, 0.29) is 5.92 Å². The zero-order valence-electron chi connectivity index (χ0n) is 6.14. The molecule has 0 aromatic carbocycles. The molecular weight excluding hydrogens is 204 g/mol. The number of rotatable bonds is 0. The molecule has 1 saturated carbocycles. The van der Waals surface area contributed by atoms with E-state index in [1.54, 1.807) is 0 Å². The Hall–Kier alpha value is -0.370. The number of allylic oxidation sites excluding steroid dienone is 4. The van der Waals surface area contributed by atoms with Crippen LogP contribution in [0.4, 0.5) is 0 Å². The van der Waals surface area contributed by atoms with Crippen molar-refractivity contribution in [3.63, 3.8) is 0 Å². The van der Waals surface area contributed by atoms with Crippen molar-refractivity contribution < 1.29 is 4.79 Å². The molecule has 0 aromatic rings. The Balaban J connectivity index is 2.30. The second kappa shape index (κ2) is 2.59. The van der Waals surface area contributed by atoms with Crippen molar-refractivity contribution >= 4 is 21.7 Å². The lowest BCUT2D eigenvalue weighted by molar-refractivity contribution is -0.120. The smallest absolute Gasteiger partial charge is 0.140 e. The van der Waals surface area contributed by atoms with Gasteiger partial charge in [0, 0.05) is 16.8 Å². The Kier molecular flexibility index (Phi) is 1.72. The van der Waals surface area contributed by atoms with Gasteiger partial charge in [-0.05, 0) is 18.9 Å². The molecule has 1 unspecified atom stereocenters. The van der Waals surface area contributed by atoms with Crippen molar-refractivity contribution in [1.82, 2.24) is 0 Å². The highest BCUT2D eigenvalue weighted by Crippen LogP contribution is 2.36. The van der Waals surface area contributed by atoms with E-state index in [4.69, 9.17) is 0 Å². The molecule has 1 atom stereocenters. The maximum Gasteiger partial charge on any atom is 0.140 e. The van der Waals surface area contributed by atoms with Gasteiger partial charge in [-0.15, -0.1) is 0 Å². The third-order valence-corrected chi connectivity index (χ3v) is 2.92. The average Bonchev–Trinajstić information content (AvgIpc) is 2.32. The summed E-state index contributed by atoms with van der Waals surface area (Å²) in [6.45, 7) is 0. The molecule has 0 heterocycles. The van der Waals surface area contributed by atoms with Crippen LogP contribution in [0.5, 0.6) is 0 Å². The molecule has 2 heteroatoms. The molecule has 0 aromatic heterocycles. The van der Waals surface area contributed by atoms with Crippen LogP contribution in [0.3, 0.4) is 0 Å². The van der Waals surface area contributed by atoms with Crippen molar-refractivity contribution in [2.24, 2.45) is 5.92 Å².